The van der Waals surface area contributed by atoms with Gasteiger partial charge in [-0.15, -0.1) is 0 Å². The number of aromatic nitrogens is 1. The molecule has 0 fully saturated rings. The number of alkyl halides is 2. The highest BCUT2D eigenvalue weighted by atomic mass is 19.3. The highest BCUT2D eigenvalue weighted by Crippen LogP contribution is 2.22. The predicted molar refractivity (Wildman–Crippen MR) is 180 cm³/mol. The average molecular weight is 671 g/mol. The second-order valence-corrected chi connectivity index (χ2v) is 11.9. The van der Waals surface area contributed by atoms with Gasteiger partial charge < -0.3 is 20.7 Å². The van der Waals surface area contributed by atoms with Crippen molar-refractivity contribution in [2.24, 2.45) is 5.92 Å². The number of halogens is 2. The van der Waals surface area contributed by atoms with Gasteiger partial charge >= 0.3 is 5.92 Å². The van der Waals surface area contributed by atoms with Crippen LogP contribution in [0.25, 0.3) is 0 Å². The monoisotopic (exact) mass is 670 g/mol. The van der Waals surface area contributed by atoms with Crippen LogP contribution < -0.4 is 20.7 Å². The van der Waals surface area contributed by atoms with Gasteiger partial charge in [-0.05, 0) is 52.8 Å². The van der Waals surface area contributed by atoms with Crippen LogP contribution in [0.4, 0.5) is 8.78 Å². The Morgan fingerprint density at radius 2 is 1.41 bits per heavy atom. The molecule has 3 aromatic carbocycles. The van der Waals surface area contributed by atoms with E-state index in [9.17, 15) is 19.2 Å². The number of nitrogens with one attached hydrogen (secondary N) is 3. The standard InChI is InChI=1S/C38H40F2N4O5/c1-26(2)34(44-33(45)20-17-29-14-9-21-41-23-29)36(47)43-32(35(46)38(39,40)37(48)42-24-28-10-5-3-6-11-28)22-27-15-18-31(19-16-27)49-25-30-12-7-4-8-13-30/h3-16,18-19,21,23,26,32,34H,17,20,22,24-25H2,1-2H3,(H,42,48)(H,43,47)(H,44,45)/t32-,34-/m0/s1. The number of nitrogens with zero attached hydrogens (tertiary/aromatic N) is 1. The van der Waals surface area contributed by atoms with Crippen LogP contribution in [0.2, 0.25) is 0 Å². The zero-order chi connectivity index (χ0) is 35.2. The first-order valence-electron chi connectivity index (χ1n) is 16.0. The molecule has 0 saturated heterocycles. The lowest BCUT2D eigenvalue weighted by Crippen LogP contribution is -2.59. The zero-order valence-corrected chi connectivity index (χ0v) is 27.4. The number of aryl methyl sites for hydroxylation is 1. The minimum absolute atomic E-state index is 0.0584. The van der Waals surface area contributed by atoms with Crippen molar-refractivity contribution in [3.8, 4) is 5.75 Å². The first kappa shape index (κ1) is 36.4. The summed E-state index contributed by atoms with van der Waals surface area (Å²) in [6, 6.07) is 25.0. The van der Waals surface area contributed by atoms with E-state index in [1.165, 1.54) is 0 Å². The highest BCUT2D eigenvalue weighted by molar-refractivity contribution is 6.10. The van der Waals surface area contributed by atoms with Gasteiger partial charge in [-0.1, -0.05) is 92.7 Å². The van der Waals surface area contributed by atoms with Gasteiger partial charge in [0.05, 0.1) is 6.04 Å². The molecule has 3 amide bonds. The molecule has 256 valence electrons. The molecule has 4 rings (SSSR count). The SMILES string of the molecule is CC(C)[C@H](NC(=O)CCc1cccnc1)C(=O)N[C@@H](Cc1ccc(OCc2ccccc2)cc1)C(=O)C(F)(F)C(=O)NCc1ccccc1. The number of rotatable bonds is 17. The van der Waals surface area contributed by atoms with Gasteiger partial charge in [0.15, 0.2) is 0 Å². The van der Waals surface area contributed by atoms with E-state index in [0.717, 1.165) is 11.1 Å². The summed E-state index contributed by atoms with van der Waals surface area (Å²) >= 11 is 0. The number of Topliss-reactive ketones (excluding diaryl/α,β-unsaturated/α-hetero) is 1. The lowest BCUT2D eigenvalue weighted by Gasteiger charge is -2.27. The first-order chi connectivity index (χ1) is 23.5. The van der Waals surface area contributed by atoms with Crippen molar-refractivity contribution in [3.63, 3.8) is 0 Å². The van der Waals surface area contributed by atoms with Gasteiger partial charge in [0.25, 0.3) is 5.91 Å². The second-order valence-electron chi connectivity index (χ2n) is 11.9. The molecule has 0 aliphatic heterocycles. The lowest BCUT2D eigenvalue weighted by atomic mass is 9.96. The van der Waals surface area contributed by atoms with Gasteiger partial charge in [0.2, 0.25) is 17.6 Å². The van der Waals surface area contributed by atoms with Crippen LogP contribution >= 0.6 is 0 Å². The van der Waals surface area contributed by atoms with Gasteiger partial charge in [0, 0.05) is 31.8 Å². The predicted octanol–water partition coefficient (Wildman–Crippen LogP) is 4.98. The normalized spacial score (nSPS) is 12.4. The molecule has 0 bridgehead atoms. The van der Waals surface area contributed by atoms with E-state index in [0.29, 0.717) is 29.9 Å². The van der Waals surface area contributed by atoms with Crippen molar-refractivity contribution in [3.05, 3.63) is 132 Å². The van der Waals surface area contributed by atoms with Crippen molar-refractivity contribution < 1.29 is 32.7 Å². The summed E-state index contributed by atoms with van der Waals surface area (Å²) in [5, 5.41) is 7.20. The van der Waals surface area contributed by atoms with E-state index in [-0.39, 0.29) is 19.4 Å². The molecular formula is C38H40F2N4O5. The minimum atomic E-state index is -4.47. The summed E-state index contributed by atoms with van der Waals surface area (Å²) in [6.45, 7) is 3.46. The van der Waals surface area contributed by atoms with Gasteiger partial charge in [-0.3, -0.25) is 24.2 Å². The highest BCUT2D eigenvalue weighted by Gasteiger charge is 2.50. The maximum atomic E-state index is 15.5. The fraction of sp³-hybridized carbons (Fsp3) is 0.289. The van der Waals surface area contributed by atoms with Gasteiger partial charge in [-0.2, -0.15) is 8.78 Å². The Morgan fingerprint density at radius 3 is 2.02 bits per heavy atom. The van der Waals surface area contributed by atoms with Crippen LogP contribution in [0.15, 0.2) is 109 Å². The molecule has 9 nitrogen and oxygen atoms in total. The molecule has 11 heteroatoms. The van der Waals surface area contributed by atoms with Crippen LogP contribution in [0.1, 0.15) is 42.5 Å². The van der Waals surface area contributed by atoms with Crippen LogP contribution in [0.3, 0.4) is 0 Å². The Labute approximate surface area is 284 Å². The van der Waals surface area contributed by atoms with Crippen molar-refractivity contribution in [2.45, 2.75) is 64.3 Å². The topological polar surface area (TPSA) is 126 Å². The number of carbonyl (C=O) groups is 4. The molecule has 3 N–H and O–H groups in total. The number of ketones is 1. The number of carbonyl (C=O) groups excluding carboxylic acids is 4. The van der Waals surface area contributed by atoms with Gasteiger partial charge in [0.1, 0.15) is 18.4 Å². The van der Waals surface area contributed by atoms with E-state index in [2.05, 4.69) is 20.9 Å². The quantitative estimate of drug-likeness (QED) is 0.136. The molecule has 4 aromatic rings. The van der Waals surface area contributed by atoms with E-state index in [1.807, 2.05) is 36.4 Å². The number of hydrogen-bond donors (Lipinski definition) is 3. The maximum absolute atomic E-state index is 15.5. The Hall–Kier alpha value is -5.45. The van der Waals surface area contributed by atoms with E-state index in [1.54, 1.807) is 86.9 Å². The van der Waals surface area contributed by atoms with Crippen molar-refractivity contribution in [1.82, 2.24) is 20.9 Å². The smallest absolute Gasteiger partial charge is 0.383 e. The number of ether oxygens (including phenoxy) is 1. The summed E-state index contributed by atoms with van der Waals surface area (Å²) in [4.78, 5) is 56.4. The third-order valence-corrected chi connectivity index (χ3v) is 7.76. The fourth-order valence-electron chi connectivity index (χ4n) is 4.97. The largest absolute Gasteiger partial charge is 0.489 e. The Balaban J connectivity index is 1.48. The van der Waals surface area contributed by atoms with Crippen LogP contribution in [0, 0.1) is 5.92 Å². The summed E-state index contributed by atoms with van der Waals surface area (Å²) in [6.07, 6.45) is 3.34. The zero-order valence-electron chi connectivity index (χ0n) is 27.4. The van der Waals surface area contributed by atoms with E-state index < -0.39 is 47.4 Å². The molecule has 0 unspecified atom stereocenters. The minimum Gasteiger partial charge on any atom is -0.489 e. The first-order valence-corrected chi connectivity index (χ1v) is 16.0. The molecule has 2 atom stereocenters. The summed E-state index contributed by atoms with van der Waals surface area (Å²) < 4.78 is 36.7. The summed E-state index contributed by atoms with van der Waals surface area (Å²) in [7, 11) is 0. The molecule has 1 heterocycles. The van der Waals surface area contributed by atoms with Crippen LogP contribution in [-0.4, -0.2) is 46.5 Å². The number of pyridine rings is 1. The molecule has 1 aromatic heterocycles. The van der Waals surface area contributed by atoms with E-state index >= 15 is 8.78 Å². The van der Waals surface area contributed by atoms with Gasteiger partial charge in [-0.25, -0.2) is 0 Å². The summed E-state index contributed by atoms with van der Waals surface area (Å²) in [5.41, 5.74) is 2.79. The molecule has 0 saturated carbocycles. The molecule has 0 aliphatic carbocycles. The van der Waals surface area contributed by atoms with Crippen LogP contribution in [0.5, 0.6) is 5.75 Å². The molecule has 0 aliphatic rings. The van der Waals surface area contributed by atoms with Crippen molar-refractivity contribution >= 4 is 23.5 Å². The van der Waals surface area contributed by atoms with Crippen molar-refractivity contribution in [2.75, 3.05) is 0 Å². The Morgan fingerprint density at radius 1 is 0.776 bits per heavy atom. The molecule has 0 spiro atoms. The number of benzene rings is 3. The Kier molecular flexibility index (Phi) is 13.1. The molecule has 49 heavy (non-hydrogen) atoms. The van der Waals surface area contributed by atoms with E-state index in [4.69, 9.17) is 4.74 Å². The summed E-state index contributed by atoms with van der Waals surface area (Å²) in [5.74, 6) is -9.22. The lowest BCUT2D eigenvalue weighted by molar-refractivity contribution is -0.160. The number of hydrogen-bond acceptors (Lipinski definition) is 6. The maximum Gasteiger partial charge on any atom is 0.383 e. The third kappa shape index (κ3) is 11.1. The molecular weight excluding hydrogens is 630 g/mol. The number of amides is 3. The Bertz CT molecular complexity index is 1670. The van der Waals surface area contributed by atoms with Crippen molar-refractivity contribution in [1.29, 1.82) is 0 Å². The van der Waals surface area contributed by atoms with Crippen LogP contribution in [-0.2, 0) is 45.2 Å². The molecule has 0 radical (unpaired) electrons. The third-order valence-electron chi connectivity index (χ3n) is 7.76. The second kappa shape index (κ2) is 17.6. The fourth-order valence-corrected chi connectivity index (χ4v) is 4.97. The average Bonchev–Trinajstić information content (AvgIpc) is 3.12.